The third kappa shape index (κ3) is 4.90. The van der Waals surface area contributed by atoms with Gasteiger partial charge in [-0.1, -0.05) is 12.1 Å². The van der Waals surface area contributed by atoms with Crippen LogP contribution in [0.4, 0.5) is 0 Å². The molecule has 3 aliphatic heterocycles. The van der Waals surface area contributed by atoms with Crippen molar-refractivity contribution < 1.29 is 64.2 Å². The molecule has 0 amide bonds. The Hall–Kier alpha value is -2.72. The highest BCUT2D eigenvalue weighted by Gasteiger charge is 2.60. The van der Waals surface area contributed by atoms with E-state index in [-0.39, 0.29) is 23.0 Å². The minimum atomic E-state index is -1.68. The van der Waals surface area contributed by atoms with E-state index < -0.39 is 73.9 Å². The van der Waals surface area contributed by atoms with E-state index in [9.17, 15) is 35.7 Å². The molecule has 7 N–H and O–H groups in total. The molecular weight excluding hydrogens is 520 g/mol. The molecule has 0 bridgehead atoms. The Kier molecular flexibility index (Phi) is 7.88. The third-order valence-electron chi connectivity index (χ3n) is 7.54. The van der Waals surface area contributed by atoms with E-state index in [0.29, 0.717) is 11.1 Å². The fraction of sp³-hybridized carbons (Fsp3) is 0.538. The zero-order chi connectivity index (χ0) is 28.0. The number of aliphatic hydroxyl groups excluding tert-OH is 5. The summed E-state index contributed by atoms with van der Waals surface area (Å²) in [7, 11) is 2.79. The maximum atomic E-state index is 11.1. The van der Waals surface area contributed by atoms with Gasteiger partial charge >= 0.3 is 0 Å². The lowest BCUT2D eigenvalue weighted by Gasteiger charge is -2.41. The summed E-state index contributed by atoms with van der Waals surface area (Å²) in [4.78, 5) is 0. The minimum absolute atomic E-state index is 0.0952. The molecule has 3 saturated heterocycles. The summed E-state index contributed by atoms with van der Waals surface area (Å²) in [5.41, 5.74) is 1.07. The lowest BCUT2D eigenvalue weighted by Crippen LogP contribution is -2.60. The van der Waals surface area contributed by atoms with Gasteiger partial charge in [0, 0.05) is 0 Å². The van der Waals surface area contributed by atoms with Crippen LogP contribution >= 0.6 is 0 Å². The van der Waals surface area contributed by atoms with Crippen LogP contribution in [0.1, 0.15) is 23.3 Å². The molecule has 13 nitrogen and oxygen atoms in total. The Morgan fingerprint density at radius 2 is 1.26 bits per heavy atom. The lowest BCUT2D eigenvalue weighted by molar-refractivity contribution is -0.342. The Morgan fingerprint density at radius 1 is 0.692 bits per heavy atom. The summed E-state index contributed by atoms with van der Waals surface area (Å²) >= 11 is 0. The predicted molar refractivity (Wildman–Crippen MR) is 129 cm³/mol. The fourth-order valence-corrected chi connectivity index (χ4v) is 5.50. The molecule has 11 atom stereocenters. The Labute approximate surface area is 223 Å². The SMILES string of the molecule is COc1cc([C@@H]2O[C@H](O)[C@H]3[C@H]2[C@H](O[C@@H]2O[C@H](CO)[C@@H](O)[C@H](O)[C@H]2O)O[C@H]3c2ccc(O)c(OC)c2)ccc1O. The molecule has 214 valence electrons. The molecule has 5 rings (SSSR count). The van der Waals surface area contributed by atoms with E-state index >= 15 is 0 Å². The summed E-state index contributed by atoms with van der Waals surface area (Å²) in [5.74, 6) is -1.27. The number of methoxy groups -OCH3 is 2. The van der Waals surface area contributed by atoms with Crippen LogP contribution in [0.15, 0.2) is 36.4 Å². The highest BCUT2D eigenvalue weighted by Crippen LogP contribution is 2.57. The first-order valence-electron chi connectivity index (χ1n) is 12.4. The number of phenolic OH excluding ortho intramolecular Hbond substituents is 2. The van der Waals surface area contributed by atoms with Crippen molar-refractivity contribution in [2.75, 3.05) is 20.8 Å². The van der Waals surface area contributed by atoms with E-state index in [1.807, 2.05) is 0 Å². The van der Waals surface area contributed by atoms with Crippen LogP contribution < -0.4 is 9.47 Å². The van der Waals surface area contributed by atoms with Gasteiger partial charge in [-0.2, -0.15) is 0 Å². The topological polar surface area (TPSA) is 197 Å². The molecule has 0 aromatic heterocycles. The maximum Gasteiger partial charge on any atom is 0.189 e. The first-order chi connectivity index (χ1) is 18.7. The van der Waals surface area contributed by atoms with Gasteiger partial charge < -0.3 is 64.2 Å². The van der Waals surface area contributed by atoms with Crippen LogP contribution in [0.25, 0.3) is 0 Å². The molecule has 0 radical (unpaired) electrons. The van der Waals surface area contributed by atoms with Crippen molar-refractivity contribution in [1.82, 2.24) is 0 Å². The van der Waals surface area contributed by atoms with Gasteiger partial charge in [-0.15, -0.1) is 0 Å². The Balaban J connectivity index is 1.51. The number of hydrogen-bond acceptors (Lipinski definition) is 13. The molecule has 0 unspecified atom stereocenters. The second-order valence-electron chi connectivity index (χ2n) is 9.72. The molecule has 3 aliphatic rings. The maximum absolute atomic E-state index is 11.1. The molecule has 2 aromatic carbocycles. The minimum Gasteiger partial charge on any atom is -0.504 e. The van der Waals surface area contributed by atoms with Crippen molar-refractivity contribution in [2.45, 2.75) is 55.5 Å². The highest BCUT2D eigenvalue weighted by atomic mass is 16.8. The molecule has 13 heteroatoms. The van der Waals surface area contributed by atoms with Gasteiger partial charge in [0.05, 0.1) is 44.9 Å². The predicted octanol–water partition coefficient (Wildman–Crippen LogP) is -0.349. The van der Waals surface area contributed by atoms with Gasteiger partial charge in [-0.25, -0.2) is 0 Å². The van der Waals surface area contributed by atoms with Crippen molar-refractivity contribution in [3.05, 3.63) is 47.5 Å². The summed E-state index contributed by atoms with van der Waals surface area (Å²) < 4.78 is 34.2. The van der Waals surface area contributed by atoms with Crippen LogP contribution in [0.5, 0.6) is 23.0 Å². The van der Waals surface area contributed by atoms with Crippen LogP contribution in [0.3, 0.4) is 0 Å². The van der Waals surface area contributed by atoms with E-state index in [1.165, 1.54) is 26.4 Å². The van der Waals surface area contributed by atoms with Crippen molar-refractivity contribution in [1.29, 1.82) is 0 Å². The van der Waals surface area contributed by atoms with Crippen molar-refractivity contribution in [2.24, 2.45) is 11.8 Å². The molecule has 0 spiro atoms. The third-order valence-corrected chi connectivity index (χ3v) is 7.54. The van der Waals surface area contributed by atoms with Gasteiger partial charge in [0.1, 0.15) is 24.4 Å². The number of benzene rings is 2. The second kappa shape index (κ2) is 11.0. The zero-order valence-corrected chi connectivity index (χ0v) is 21.1. The smallest absolute Gasteiger partial charge is 0.189 e. The number of aromatic hydroxyl groups is 2. The van der Waals surface area contributed by atoms with E-state index in [4.69, 9.17) is 28.4 Å². The molecule has 0 aliphatic carbocycles. The van der Waals surface area contributed by atoms with Gasteiger partial charge in [0.15, 0.2) is 41.9 Å². The molecule has 3 fully saturated rings. The first kappa shape index (κ1) is 27.8. The second-order valence-corrected chi connectivity index (χ2v) is 9.72. The average Bonchev–Trinajstić information content (AvgIpc) is 3.48. The van der Waals surface area contributed by atoms with E-state index in [1.54, 1.807) is 24.3 Å². The normalized spacial score (nSPS) is 38.0. The standard InChI is InChI=1S/C26H32O13/c1-34-14-7-10(3-5-12(14)28)22-17-18(23(37-24(17)33)11-4-6-13(29)15(8-11)35-2)25(38-22)39-26-21(32)20(31)19(30)16(9-27)36-26/h3-8,16-33H,9H2,1-2H3/t16-,17+,18-,19-,20+,21-,22+,23+,24+,25+,26+/m1/s1. The van der Waals surface area contributed by atoms with Gasteiger partial charge in [0.25, 0.3) is 0 Å². The van der Waals surface area contributed by atoms with Crippen LogP contribution in [-0.2, 0) is 18.9 Å². The highest BCUT2D eigenvalue weighted by molar-refractivity contribution is 5.44. The summed E-state index contributed by atoms with van der Waals surface area (Å²) in [6.07, 6.45) is -11.8. The number of hydrogen-bond donors (Lipinski definition) is 7. The average molecular weight is 553 g/mol. The number of ether oxygens (including phenoxy) is 6. The molecule has 3 heterocycles. The van der Waals surface area contributed by atoms with Crippen molar-refractivity contribution in [3.63, 3.8) is 0 Å². The van der Waals surface area contributed by atoms with E-state index in [0.717, 1.165) is 0 Å². The van der Waals surface area contributed by atoms with Gasteiger partial charge in [-0.05, 0) is 35.4 Å². The monoisotopic (exact) mass is 552 g/mol. The molecule has 2 aromatic rings. The Morgan fingerprint density at radius 3 is 1.79 bits per heavy atom. The van der Waals surface area contributed by atoms with Crippen LogP contribution in [0, 0.1) is 11.8 Å². The van der Waals surface area contributed by atoms with E-state index in [2.05, 4.69) is 0 Å². The van der Waals surface area contributed by atoms with Crippen LogP contribution in [0.2, 0.25) is 0 Å². The lowest BCUT2D eigenvalue weighted by atomic mass is 9.83. The van der Waals surface area contributed by atoms with Gasteiger partial charge in [0.2, 0.25) is 0 Å². The number of phenols is 2. The Bertz CT molecular complexity index is 1110. The van der Waals surface area contributed by atoms with Gasteiger partial charge in [-0.3, -0.25) is 0 Å². The number of rotatable bonds is 7. The number of aliphatic hydroxyl groups is 5. The molecule has 0 saturated carbocycles. The fourth-order valence-electron chi connectivity index (χ4n) is 5.50. The summed E-state index contributed by atoms with van der Waals surface area (Å²) in [5, 5.41) is 71.7. The molecular formula is C26H32O13. The largest absolute Gasteiger partial charge is 0.504 e. The quantitative estimate of drug-likeness (QED) is 0.236. The zero-order valence-electron chi connectivity index (χ0n) is 21.1. The molecule has 39 heavy (non-hydrogen) atoms. The van der Waals surface area contributed by atoms with Crippen LogP contribution in [-0.4, -0.2) is 99.9 Å². The first-order valence-corrected chi connectivity index (χ1v) is 12.4. The van der Waals surface area contributed by atoms with Crippen molar-refractivity contribution >= 4 is 0 Å². The van der Waals surface area contributed by atoms with Crippen molar-refractivity contribution in [3.8, 4) is 23.0 Å². The summed E-state index contributed by atoms with van der Waals surface area (Å²) in [6, 6.07) is 9.14. The number of fused-ring (bicyclic) bond motifs is 1. The summed E-state index contributed by atoms with van der Waals surface area (Å²) in [6.45, 7) is -0.643.